The summed E-state index contributed by atoms with van der Waals surface area (Å²) in [6.07, 6.45) is 1.96. The molecule has 2 atom stereocenters. The maximum Gasteiger partial charge on any atom is 0.136 e. The lowest BCUT2D eigenvalue weighted by Crippen LogP contribution is -2.13. The smallest absolute Gasteiger partial charge is 0.136 e. The molecule has 0 aromatic carbocycles. The second-order valence-electron chi connectivity index (χ2n) is 2.85. The SMILES string of the molecule is [CH]C(CC)CC(=O)C([CH])CC. The molecule has 0 N–H and O–H groups in total. The van der Waals surface area contributed by atoms with Crippen LogP contribution in [0.25, 0.3) is 0 Å². The summed E-state index contributed by atoms with van der Waals surface area (Å²) < 4.78 is 0. The zero-order valence-corrected chi connectivity index (χ0v) is 7.34. The largest absolute Gasteiger partial charge is 0.299 e. The highest BCUT2D eigenvalue weighted by Gasteiger charge is 2.13. The number of hydrogen-bond acceptors (Lipinski definition) is 1. The molecule has 1 heteroatoms. The van der Waals surface area contributed by atoms with Gasteiger partial charge >= 0.3 is 0 Å². The summed E-state index contributed by atoms with van der Waals surface area (Å²) in [7, 11) is 0. The fraction of sp³-hybridized carbons (Fsp3) is 0.700. The molecule has 2 unspecified atom stereocenters. The Kier molecular flexibility index (Phi) is 5.18. The van der Waals surface area contributed by atoms with Gasteiger partial charge in [0.2, 0.25) is 0 Å². The average molecular weight is 152 g/mol. The highest BCUT2D eigenvalue weighted by molar-refractivity contribution is 5.81. The van der Waals surface area contributed by atoms with Crippen LogP contribution in [-0.2, 0) is 4.79 Å². The maximum atomic E-state index is 11.1. The molecule has 0 aromatic rings. The molecule has 62 valence electrons. The van der Waals surface area contributed by atoms with Gasteiger partial charge in [-0.25, -0.2) is 0 Å². The third-order valence-electron chi connectivity index (χ3n) is 1.84. The van der Waals surface area contributed by atoms with Gasteiger partial charge in [-0.2, -0.15) is 0 Å². The highest BCUT2D eigenvalue weighted by atomic mass is 16.1. The van der Waals surface area contributed by atoms with Gasteiger partial charge in [0.1, 0.15) is 5.78 Å². The van der Waals surface area contributed by atoms with E-state index in [2.05, 4.69) is 0 Å². The number of rotatable bonds is 5. The van der Waals surface area contributed by atoms with Crippen LogP contribution in [0.5, 0.6) is 0 Å². The Morgan fingerprint density at radius 2 is 1.82 bits per heavy atom. The van der Waals surface area contributed by atoms with Crippen molar-refractivity contribution in [1.29, 1.82) is 0 Å². The van der Waals surface area contributed by atoms with Crippen LogP contribution >= 0.6 is 0 Å². The summed E-state index contributed by atoms with van der Waals surface area (Å²) in [5, 5.41) is 0. The molecular weight excluding hydrogens is 136 g/mol. The number of ketones is 1. The van der Waals surface area contributed by atoms with E-state index in [0.717, 1.165) is 6.42 Å². The van der Waals surface area contributed by atoms with E-state index in [-0.39, 0.29) is 17.6 Å². The second kappa shape index (κ2) is 5.34. The highest BCUT2D eigenvalue weighted by Crippen LogP contribution is 2.12. The van der Waals surface area contributed by atoms with E-state index in [1.165, 1.54) is 0 Å². The summed E-state index contributed by atoms with van der Waals surface area (Å²) in [6, 6.07) is 0. The van der Waals surface area contributed by atoms with Crippen LogP contribution in [0.1, 0.15) is 33.1 Å². The molecular formula is C10H16O. The van der Waals surface area contributed by atoms with Gasteiger partial charge in [0, 0.05) is 12.3 Å². The Morgan fingerprint density at radius 1 is 1.27 bits per heavy atom. The van der Waals surface area contributed by atoms with Gasteiger partial charge in [-0.3, -0.25) is 4.79 Å². The fourth-order valence-electron chi connectivity index (χ4n) is 0.782. The van der Waals surface area contributed by atoms with E-state index < -0.39 is 0 Å². The number of carbonyl (C=O) groups excluding carboxylic acids is 1. The van der Waals surface area contributed by atoms with E-state index in [4.69, 9.17) is 13.8 Å². The van der Waals surface area contributed by atoms with Crippen molar-refractivity contribution < 1.29 is 4.79 Å². The first-order chi connectivity index (χ1) is 5.11. The lowest BCUT2D eigenvalue weighted by atomic mass is 9.94. The standard InChI is InChI=1S/C10H16O/c1-5-8(3)7-10(11)9(4)6-2/h3-4,8-9H,5-7H2,1-2H3. The Balaban J connectivity index is 3.68. The first kappa shape index (κ1) is 10.7. The zero-order valence-electron chi connectivity index (χ0n) is 7.34. The summed E-state index contributed by atoms with van der Waals surface area (Å²) in [5.41, 5.74) is 0. The summed E-state index contributed by atoms with van der Waals surface area (Å²) in [5.74, 6) is -0.241. The van der Waals surface area contributed by atoms with Gasteiger partial charge in [-0.1, -0.05) is 20.3 Å². The lowest BCUT2D eigenvalue weighted by molar-refractivity contribution is -0.122. The van der Waals surface area contributed by atoms with Crippen molar-refractivity contribution in [3.8, 4) is 0 Å². The fourth-order valence-corrected chi connectivity index (χ4v) is 0.782. The molecule has 0 fully saturated rings. The van der Waals surface area contributed by atoms with Crippen molar-refractivity contribution in [3.05, 3.63) is 13.8 Å². The summed E-state index contributed by atoms with van der Waals surface area (Å²) >= 11 is 0. The normalized spacial score (nSPS) is 16.0. The molecule has 0 spiro atoms. The quantitative estimate of drug-likeness (QED) is 0.591. The third-order valence-corrected chi connectivity index (χ3v) is 1.84. The van der Waals surface area contributed by atoms with Crippen LogP contribution in [0, 0.1) is 25.7 Å². The van der Waals surface area contributed by atoms with Gasteiger partial charge in [0.25, 0.3) is 0 Å². The topological polar surface area (TPSA) is 17.1 Å². The zero-order chi connectivity index (χ0) is 8.85. The molecule has 0 saturated heterocycles. The Hall–Kier alpha value is -0.330. The molecule has 0 bridgehead atoms. The van der Waals surface area contributed by atoms with E-state index in [9.17, 15) is 4.79 Å². The van der Waals surface area contributed by atoms with Gasteiger partial charge in [0.05, 0.1) is 0 Å². The van der Waals surface area contributed by atoms with Crippen LogP contribution in [0.3, 0.4) is 0 Å². The Bertz CT molecular complexity index is 118. The van der Waals surface area contributed by atoms with Crippen molar-refractivity contribution in [2.75, 3.05) is 0 Å². The molecule has 0 aromatic heterocycles. The molecule has 4 radical (unpaired) electrons. The maximum absolute atomic E-state index is 11.1. The molecule has 0 aliphatic rings. The van der Waals surface area contributed by atoms with Crippen molar-refractivity contribution in [1.82, 2.24) is 0 Å². The number of carbonyl (C=O) groups is 1. The molecule has 0 aliphatic carbocycles. The number of hydrogen-bond donors (Lipinski definition) is 0. The molecule has 0 heterocycles. The molecule has 11 heavy (non-hydrogen) atoms. The molecule has 0 rings (SSSR count). The van der Waals surface area contributed by atoms with Crippen LogP contribution in [0.15, 0.2) is 0 Å². The minimum Gasteiger partial charge on any atom is -0.299 e. The van der Waals surface area contributed by atoms with Crippen molar-refractivity contribution >= 4 is 5.78 Å². The summed E-state index contributed by atoms with van der Waals surface area (Å²) in [4.78, 5) is 11.1. The number of Topliss-reactive ketones (excluding diaryl/α,β-unsaturated/α-hetero) is 1. The lowest BCUT2D eigenvalue weighted by Gasteiger charge is -2.10. The minimum absolute atomic E-state index is 0.0138. The average Bonchev–Trinajstić information content (AvgIpc) is 2.02. The van der Waals surface area contributed by atoms with E-state index in [1.54, 1.807) is 0 Å². The third kappa shape index (κ3) is 4.18. The molecule has 0 saturated carbocycles. The van der Waals surface area contributed by atoms with Crippen molar-refractivity contribution in [2.24, 2.45) is 11.8 Å². The Morgan fingerprint density at radius 3 is 2.18 bits per heavy atom. The van der Waals surface area contributed by atoms with Crippen LogP contribution in [0.2, 0.25) is 0 Å². The molecule has 0 aliphatic heterocycles. The molecule has 0 amide bonds. The van der Waals surface area contributed by atoms with Gasteiger partial charge in [-0.15, -0.1) is 0 Å². The van der Waals surface area contributed by atoms with Crippen molar-refractivity contribution in [2.45, 2.75) is 33.1 Å². The predicted molar refractivity (Wildman–Crippen MR) is 45.8 cm³/mol. The van der Waals surface area contributed by atoms with Gasteiger partial charge in [0.15, 0.2) is 0 Å². The first-order valence-corrected chi connectivity index (χ1v) is 4.15. The van der Waals surface area contributed by atoms with Crippen molar-refractivity contribution in [3.63, 3.8) is 0 Å². The van der Waals surface area contributed by atoms with E-state index in [0.29, 0.717) is 12.8 Å². The second-order valence-corrected chi connectivity index (χ2v) is 2.85. The monoisotopic (exact) mass is 152 g/mol. The van der Waals surface area contributed by atoms with Gasteiger partial charge in [-0.05, 0) is 26.2 Å². The Labute approximate surface area is 70.2 Å². The summed E-state index contributed by atoms with van der Waals surface area (Å²) in [6.45, 7) is 15.0. The van der Waals surface area contributed by atoms with E-state index >= 15 is 0 Å². The van der Waals surface area contributed by atoms with Gasteiger partial charge < -0.3 is 0 Å². The predicted octanol–water partition coefficient (Wildman–Crippen LogP) is 2.42. The minimum atomic E-state index is -0.312. The van der Waals surface area contributed by atoms with Crippen LogP contribution < -0.4 is 0 Å². The first-order valence-electron chi connectivity index (χ1n) is 4.15. The van der Waals surface area contributed by atoms with Crippen LogP contribution in [0.4, 0.5) is 0 Å². The molecule has 1 nitrogen and oxygen atoms in total. The van der Waals surface area contributed by atoms with E-state index in [1.807, 2.05) is 13.8 Å². The van der Waals surface area contributed by atoms with Crippen LogP contribution in [-0.4, -0.2) is 5.78 Å².